The first kappa shape index (κ1) is 21.9. The number of aryl methyl sites for hydroxylation is 2. The van der Waals surface area contributed by atoms with Crippen LogP contribution in [0.5, 0.6) is 0 Å². The van der Waals surface area contributed by atoms with Crippen molar-refractivity contribution in [1.82, 2.24) is 35.4 Å². The maximum Gasteiger partial charge on any atom is 0.416 e. The highest BCUT2D eigenvalue weighted by Crippen LogP contribution is 2.33. The monoisotopic (exact) mass is 460 g/mol. The predicted molar refractivity (Wildman–Crippen MR) is 106 cm³/mol. The van der Waals surface area contributed by atoms with Crippen LogP contribution < -0.4 is 10.6 Å². The van der Waals surface area contributed by atoms with Gasteiger partial charge in [-0.2, -0.15) is 13.2 Å². The van der Waals surface area contributed by atoms with Crippen LogP contribution in [-0.2, 0) is 19.8 Å². The van der Waals surface area contributed by atoms with Crippen molar-refractivity contribution in [2.24, 2.45) is 7.05 Å². The molecule has 2 amide bonds. The molecule has 0 bridgehead atoms. The summed E-state index contributed by atoms with van der Waals surface area (Å²) in [6, 6.07) is 4.68. The van der Waals surface area contributed by atoms with Crippen molar-refractivity contribution in [2.45, 2.75) is 19.6 Å². The van der Waals surface area contributed by atoms with Crippen LogP contribution in [0.4, 0.5) is 18.9 Å². The van der Waals surface area contributed by atoms with Crippen LogP contribution in [0.15, 0.2) is 35.1 Å². The number of anilines is 1. The highest BCUT2D eigenvalue weighted by Gasteiger charge is 2.32. The smallest absolute Gasteiger partial charge is 0.351 e. The number of amides is 2. The summed E-state index contributed by atoms with van der Waals surface area (Å²) in [7, 11) is 1.62. The minimum absolute atomic E-state index is 0.00870. The number of hydrogen-bond donors (Lipinski definition) is 2. The summed E-state index contributed by atoms with van der Waals surface area (Å²) < 4.78 is 45.5. The molecule has 2 N–H and O–H groups in total. The Morgan fingerprint density at radius 2 is 1.94 bits per heavy atom. The van der Waals surface area contributed by atoms with E-state index >= 15 is 0 Å². The van der Waals surface area contributed by atoms with E-state index < -0.39 is 23.6 Å². The van der Waals surface area contributed by atoms with Gasteiger partial charge < -0.3 is 15.2 Å². The lowest BCUT2D eigenvalue weighted by molar-refractivity contribution is -0.138. The third-order valence-corrected chi connectivity index (χ3v) is 4.62. The summed E-state index contributed by atoms with van der Waals surface area (Å²) in [4.78, 5) is 32.7. The van der Waals surface area contributed by atoms with Crippen molar-refractivity contribution in [3.05, 3.63) is 58.9 Å². The Morgan fingerprint density at radius 3 is 2.70 bits per heavy atom. The van der Waals surface area contributed by atoms with Gasteiger partial charge in [0.05, 0.1) is 12.1 Å². The van der Waals surface area contributed by atoms with Crippen LogP contribution in [0.1, 0.15) is 37.9 Å². The van der Waals surface area contributed by atoms with E-state index in [9.17, 15) is 22.8 Å². The van der Waals surface area contributed by atoms with E-state index in [1.807, 2.05) is 0 Å². The molecule has 0 aliphatic rings. The van der Waals surface area contributed by atoms with Crippen LogP contribution in [0.2, 0.25) is 0 Å². The number of hydrogen-bond acceptors (Lipinski definition) is 8. The molecule has 3 heterocycles. The number of benzene rings is 1. The maximum absolute atomic E-state index is 13.1. The van der Waals surface area contributed by atoms with Gasteiger partial charge in [-0.3, -0.25) is 9.59 Å². The summed E-state index contributed by atoms with van der Waals surface area (Å²) in [5.74, 6) is -1.61. The quantitative estimate of drug-likeness (QED) is 0.462. The van der Waals surface area contributed by atoms with Gasteiger partial charge in [-0.05, 0) is 24.6 Å². The van der Waals surface area contributed by atoms with Crippen LogP contribution in [-0.4, -0.2) is 41.9 Å². The standard InChI is InChI=1S/C19H15F3N8O3/c1-9-3-4-10(5-12(9)19(20,21)22)26-17(31)13-6-11(28-33-13)7-23-18(32)15-14-16(25-8-24-15)30(2)29-27-14/h3-6,8H,7H2,1-2H3,(H,23,32)(H,26,31). The van der Waals surface area contributed by atoms with E-state index in [1.54, 1.807) is 7.05 Å². The van der Waals surface area contributed by atoms with Gasteiger partial charge in [0.2, 0.25) is 5.76 Å². The molecule has 0 atom stereocenters. The fraction of sp³-hybridized carbons (Fsp3) is 0.211. The Hall–Kier alpha value is -4.36. The number of aromatic nitrogens is 6. The predicted octanol–water partition coefficient (Wildman–Crippen LogP) is 2.26. The molecule has 0 saturated carbocycles. The average Bonchev–Trinajstić information content (AvgIpc) is 3.40. The Labute approximate surface area is 183 Å². The number of carbonyl (C=O) groups is 2. The maximum atomic E-state index is 13.1. The molecule has 3 aromatic heterocycles. The lowest BCUT2D eigenvalue weighted by atomic mass is 10.1. The highest BCUT2D eigenvalue weighted by atomic mass is 19.4. The topological polar surface area (TPSA) is 141 Å². The van der Waals surface area contributed by atoms with Crippen LogP contribution in [0, 0.1) is 6.92 Å². The third kappa shape index (κ3) is 4.49. The van der Waals surface area contributed by atoms with E-state index in [2.05, 4.69) is 36.1 Å². The molecule has 0 spiro atoms. The zero-order valence-corrected chi connectivity index (χ0v) is 17.1. The second-order valence-electron chi connectivity index (χ2n) is 6.95. The molecule has 170 valence electrons. The minimum atomic E-state index is -4.55. The second kappa shape index (κ2) is 8.29. The Kier molecular flexibility index (Phi) is 5.49. The molecule has 11 nitrogen and oxygen atoms in total. The van der Waals surface area contributed by atoms with Crippen molar-refractivity contribution < 1.29 is 27.3 Å². The molecule has 0 saturated heterocycles. The summed E-state index contributed by atoms with van der Waals surface area (Å²) in [6.45, 7) is 1.21. The summed E-state index contributed by atoms with van der Waals surface area (Å²) in [5, 5.41) is 16.2. The van der Waals surface area contributed by atoms with Gasteiger partial charge in [-0.15, -0.1) is 5.10 Å². The number of nitrogens with zero attached hydrogens (tertiary/aromatic N) is 6. The first-order chi connectivity index (χ1) is 15.6. The Balaban J connectivity index is 1.42. The molecule has 4 aromatic rings. The molecule has 0 radical (unpaired) electrons. The van der Waals surface area contributed by atoms with E-state index in [-0.39, 0.29) is 40.5 Å². The molecule has 0 aliphatic carbocycles. The first-order valence-corrected chi connectivity index (χ1v) is 9.37. The summed E-state index contributed by atoms with van der Waals surface area (Å²) in [5.41, 5.74) is -0.0774. The Morgan fingerprint density at radius 1 is 1.15 bits per heavy atom. The average molecular weight is 460 g/mol. The van der Waals surface area contributed by atoms with Gasteiger partial charge in [0.25, 0.3) is 11.8 Å². The van der Waals surface area contributed by atoms with Gasteiger partial charge in [0.15, 0.2) is 16.9 Å². The molecule has 4 rings (SSSR count). The highest BCUT2D eigenvalue weighted by molar-refractivity contribution is 6.03. The lowest BCUT2D eigenvalue weighted by Gasteiger charge is -2.12. The summed E-state index contributed by atoms with van der Waals surface area (Å²) in [6.07, 6.45) is -3.35. The third-order valence-electron chi connectivity index (χ3n) is 4.62. The van der Waals surface area contributed by atoms with E-state index in [0.29, 0.717) is 5.65 Å². The SMILES string of the molecule is Cc1ccc(NC(=O)c2cc(CNC(=O)c3ncnc4c3nnn4C)no2)cc1C(F)(F)F. The molecular weight excluding hydrogens is 445 g/mol. The minimum Gasteiger partial charge on any atom is -0.351 e. The fourth-order valence-electron chi connectivity index (χ4n) is 2.97. The van der Waals surface area contributed by atoms with Gasteiger partial charge in [0, 0.05) is 18.8 Å². The molecule has 1 aromatic carbocycles. The zero-order chi connectivity index (χ0) is 23.8. The van der Waals surface area contributed by atoms with Gasteiger partial charge >= 0.3 is 6.18 Å². The lowest BCUT2D eigenvalue weighted by Crippen LogP contribution is -2.24. The fourth-order valence-corrected chi connectivity index (χ4v) is 2.97. The normalized spacial score (nSPS) is 11.5. The van der Waals surface area contributed by atoms with Crippen molar-refractivity contribution in [1.29, 1.82) is 0 Å². The largest absolute Gasteiger partial charge is 0.416 e. The van der Waals surface area contributed by atoms with Crippen LogP contribution in [0.3, 0.4) is 0 Å². The molecule has 14 heteroatoms. The molecular formula is C19H15F3N8O3. The van der Waals surface area contributed by atoms with Gasteiger partial charge in [-0.25, -0.2) is 14.6 Å². The van der Waals surface area contributed by atoms with Crippen molar-refractivity contribution >= 4 is 28.7 Å². The number of carbonyl (C=O) groups excluding carboxylic acids is 2. The number of rotatable bonds is 5. The van der Waals surface area contributed by atoms with Crippen molar-refractivity contribution in [3.8, 4) is 0 Å². The molecule has 0 fully saturated rings. The summed E-state index contributed by atoms with van der Waals surface area (Å²) >= 11 is 0. The number of alkyl halides is 3. The molecule has 33 heavy (non-hydrogen) atoms. The van der Waals surface area contributed by atoms with Gasteiger partial charge in [-0.1, -0.05) is 16.4 Å². The van der Waals surface area contributed by atoms with E-state index in [0.717, 1.165) is 6.07 Å². The molecule has 0 unspecified atom stereocenters. The number of halogens is 3. The molecule has 0 aliphatic heterocycles. The van der Waals surface area contributed by atoms with Crippen LogP contribution in [0.25, 0.3) is 11.2 Å². The van der Waals surface area contributed by atoms with Crippen molar-refractivity contribution in [3.63, 3.8) is 0 Å². The first-order valence-electron chi connectivity index (χ1n) is 9.37. The zero-order valence-electron chi connectivity index (χ0n) is 17.1. The number of nitrogens with one attached hydrogen (secondary N) is 2. The van der Waals surface area contributed by atoms with Crippen LogP contribution >= 0.6 is 0 Å². The van der Waals surface area contributed by atoms with Gasteiger partial charge in [0.1, 0.15) is 12.0 Å². The van der Waals surface area contributed by atoms with E-state index in [4.69, 9.17) is 4.52 Å². The Bertz CT molecular complexity index is 1360. The van der Waals surface area contributed by atoms with Crippen molar-refractivity contribution in [2.75, 3.05) is 5.32 Å². The second-order valence-corrected chi connectivity index (χ2v) is 6.95. The number of fused-ring (bicyclic) bond motifs is 1. The van der Waals surface area contributed by atoms with E-state index in [1.165, 1.54) is 36.1 Å².